The van der Waals surface area contributed by atoms with E-state index in [0.29, 0.717) is 33.5 Å². The molecule has 2 heterocycles. The number of hydrogen-bond acceptors (Lipinski definition) is 5. The Morgan fingerprint density at radius 3 is 2.42 bits per heavy atom. The maximum absolute atomic E-state index is 12.7. The molecule has 1 amide bonds. The van der Waals surface area contributed by atoms with Crippen LogP contribution in [0.25, 0.3) is 16.2 Å². The summed E-state index contributed by atoms with van der Waals surface area (Å²) in [6.45, 7) is 0. The minimum absolute atomic E-state index is 0. The molecule has 2 aromatic carbocycles. The third-order valence-corrected chi connectivity index (χ3v) is 5.69. The van der Waals surface area contributed by atoms with Crippen molar-refractivity contribution in [1.29, 1.82) is 0 Å². The SMILES string of the molecule is COc1ccc(-c2cn3c(CC(=O)Nc4ccc(C(F)(F)F)cc4)csc3n2)cc1OC.Cl. The summed E-state index contributed by atoms with van der Waals surface area (Å²) in [7, 11) is 3.12. The van der Waals surface area contributed by atoms with E-state index in [4.69, 9.17) is 9.47 Å². The van der Waals surface area contributed by atoms with Crippen molar-refractivity contribution in [2.24, 2.45) is 0 Å². The number of aromatic nitrogens is 2. The van der Waals surface area contributed by atoms with E-state index in [2.05, 4.69) is 10.3 Å². The molecule has 1 N–H and O–H groups in total. The maximum atomic E-state index is 12.7. The van der Waals surface area contributed by atoms with Crippen molar-refractivity contribution in [3.05, 3.63) is 65.3 Å². The number of fused-ring (bicyclic) bond motifs is 1. The van der Waals surface area contributed by atoms with Crippen LogP contribution in [0.5, 0.6) is 11.5 Å². The quantitative estimate of drug-likeness (QED) is 0.371. The molecule has 0 fully saturated rings. The standard InChI is InChI=1S/C22H18F3N3O3S.ClH/c1-30-18-8-3-13(9-19(18)31-2)17-11-28-16(12-32-21(28)27-17)10-20(29)26-15-6-4-14(5-7-15)22(23,24)25;/h3-9,11-12H,10H2,1-2H3,(H,26,29);1H. The first-order valence-electron chi connectivity index (χ1n) is 9.43. The molecule has 0 bridgehead atoms. The van der Waals surface area contributed by atoms with Crippen LogP contribution < -0.4 is 14.8 Å². The Bertz CT molecular complexity index is 1270. The van der Waals surface area contributed by atoms with E-state index in [1.54, 1.807) is 20.3 Å². The van der Waals surface area contributed by atoms with E-state index in [-0.39, 0.29) is 24.7 Å². The molecule has 33 heavy (non-hydrogen) atoms. The molecule has 0 spiro atoms. The molecule has 11 heteroatoms. The highest BCUT2D eigenvalue weighted by atomic mass is 35.5. The smallest absolute Gasteiger partial charge is 0.416 e. The van der Waals surface area contributed by atoms with Crippen LogP contribution in [0.3, 0.4) is 0 Å². The van der Waals surface area contributed by atoms with Crippen LogP contribution in [0.4, 0.5) is 18.9 Å². The molecule has 0 aliphatic heterocycles. The number of carbonyl (C=O) groups is 1. The number of carbonyl (C=O) groups excluding carboxylic acids is 1. The van der Waals surface area contributed by atoms with Gasteiger partial charge in [-0.3, -0.25) is 9.20 Å². The van der Waals surface area contributed by atoms with E-state index < -0.39 is 11.7 Å². The average molecular weight is 498 g/mol. The highest BCUT2D eigenvalue weighted by Gasteiger charge is 2.30. The van der Waals surface area contributed by atoms with Gasteiger partial charge in [-0.05, 0) is 42.5 Å². The fourth-order valence-electron chi connectivity index (χ4n) is 3.20. The number of amides is 1. The van der Waals surface area contributed by atoms with E-state index in [9.17, 15) is 18.0 Å². The molecule has 4 aromatic rings. The molecule has 6 nitrogen and oxygen atoms in total. The van der Waals surface area contributed by atoms with E-state index in [1.807, 2.05) is 28.1 Å². The number of rotatable bonds is 6. The van der Waals surface area contributed by atoms with Crippen molar-refractivity contribution in [2.45, 2.75) is 12.6 Å². The lowest BCUT2D eigenvalue weighted by Crippen LogP contribution is -2.15. The Morgan fingerprint density at radius 2 is 1.79 bits per heavy atom. The second-order valence-corrected chi connectivity index (χ2v) is 7.71. The van der Waals surface area contributed by atoms with Crippen LogP contribution in [0, 0.1) is 0 Å². The molecular formula is C22H19ClF3N3O3S. The Hall–Kier alpha value is -3.24. The number of methoxy groups -OCH3 is 2. The monoisotopic (exact) mass is 497 g/mol. The zero-order valence-electron chi connectivity index (χ0n) is 17.5. The predicted octanol–water partition coefficient (Wildman–Crippen LogP) is 5.70. The van der Waals surface area contributed by atoms with Gasteiger partial charge in [-0.15, -0.1) is 23.7 Å². The normalized spacial score (nSPS) is 11.2. The van der Waals surface area contributed by atoms with Crippen molar-refractivity contribution >= 4 is 40.3 Å². The number of alkyl halides is 3. The van der Waals surface area contributed by atoms with E-state index in [1.165, 1.54) is 23.5 Å². The second-order valence-electron chi connectivity index (χ2n) is 6.88. The zero-order chi connectivity index (χ0) is 22.9. The molecule has 0 radical (unpaired) electrons. The maximum Gasteiger partial charge on any atom is 0.416 e. The number of halogens is 4. The number of nitrogens with zero attached hydrogens (tertiary/aromatic N) is 2. The van der Waals surface area contributed by atoms with Crippen molar-refractivity contribution in [2.75, 3.05) is 19.5 Å². The van der Waals surface area contributed by atoms with Gasteiger partial charge in [-0.2, -0.15) is 13.2 Å². The molecule has 174 valence electrons. The largest absolute Gasteiger partial charge is 0.493 e. The second kappa shape index (κ2) is 9.72. The van der Waals surface area contributed by atoms with Crippen molar-refractivity contribution in [3.63, 3.8) is 0 Å². The third kappa shape index (κ3) is 5.23. The molecule has 0 aliphatic rings. The van der Waals surface area contributed by atoms with Gasteiger partial charge < -0.3 is 14.8 Å². The van der Waals surface area contributed by atoms with Gasteiger partial charge in [0.05, 0.1) is 31.9 Å². The molecule has 4 rings (SSSR count). The average Bonchev–Trinajstić information content (AvgIpc) is 3.35. The Balaban J connectivity index is 0.00000306. The Morgan fingerprint density at radius 1 is 1.09 bits per heavy atom. The summed E-state index contributed by atoms with van der Waals surface area (Å²) in [5, 5.41) is 4.45. The van der Waals surface area contributed by atoms with E-state index in [0.717, 1.165) is 17.7 Å². The van der Waals surface area contributed by atoms with Gasteiger partial charge in [0.2, 0.25) is 5.91 Å². The van der Waals surface area contributed by atoms with Crippen LogP contribution in [0.2, 0.25) is 0 Å². The van der Waals surface area contributed by atoms with Crippen LogP contribution in [0.1, 0.15) is 11.3 Å². The van der Waals surface area contributed by atoms with Gasteiger partial charge in [-0.25, -0.2) is 4.98 Å². The molecule has 0 saturated carbocycles. The fourth-order valence-corrected chi connectivity index (χ4v) is 4.08. The lowest BCUT2D eigenvalue weighted by molar-refractivity contribution is -0.137. The van der Waals surface area contributed by atoms with Gasteiger partial charge in [0.1, 0.15) is 0 Å². The Labute approximate surface area is 197 Å². The first-order valence-corrected chi connectivity index (χ1v) is 10.3. The fraction of sp³-hybridized carbons (Fsp3) is 0.182. The van der Waals surface area contributed by atoms with Gasteiger partial charge in [0.25, 0.3) is 0 Å². The highest BCUT2D eigenvalue weighted by Crippen LogP contribution is 2.33. The van der Waals surface area contributed by atoms with Gasteiger partial charge >= 0.3 is 6.18 Å². The van der Waals surface area contributed by atoms with Gasteiger partial charge in [0, 0.05) is 28.5 Å². The summed E-state index contributed by atoms with van der Waals surface area (Å²) < 4.78 is 50.5. The number of thiazole rings is 1. The predicted molar refractivity (Wildman–Crippen MR) is 123 cm³/mol. The van der Waals surface area contributed by atoms with Crippen molar-refractivity contribution < 1.29 is 27.4 Å². The number of ether oxygens (including phenoxy) is 2. The number of benzene rings is 2. The number of nitrogens with one attached hydrogen (secondary N) is 1. The number of anilines is 1. The summed E-state index contributed by atoms with van der Waals surface area (Å²) >= 11 is 1.39. The lowest BCUT2D eigenvalue weighted by Gasteiger charge is -2.09. The van der Waals surface area contributed by atoms with Crippen molar-refractivity contribution in [1.82, 2.24) is 9.38 Å². The van der Waals surface area contributed by atoms with Gasteiger partial charge in [0.15, 0.2) is 16.5 Å². The zero-order valence-corrected chi connectivity index (χ0v) is 19.1. The lowest BCUT2D eigenvalue weighted by atomic mass is 10.1. The molecular weight excluding hydrogens is 479 g/mol. The third-order valence-electron chi connectivity index (χ3n) is 4.80. The molecule has 0 saturated heterocycles. The Kier molecular flexibility index (Phi) is 7.19. The minimum Gasteiger partial charge on any atom is -0.493 e. The molecule has 2 aromatic heterocycles. The van der Waals surface area contributed by atoms with Gasteiger partial charge in [-0.1, -0.05) is 0 Å². The van der Waals surface area contributed by atoms with Crippen molar-refractivity contribution in [3.8, 4) is 22.8 Å². The molecule has 0 unspecified atom stereocenters. The minimum atomic E-state index is -4.42. The van der Waals surface area contributed by atoms with Crippen LogP contribution >= 0.6 is 23.7 Å². The number of hydrogen-bond donors (Lipinski definition) is 1. The molecule has 0 aliphatic carbocycles. The summed E-state index contributed by atoms with van der Waals surface area (Å²) in [6.07, 6.45) is -2.55. The summed E-state index contributed by atoms with van der Waals surface area (Å²) in [5.74, 6) is 0.848. The first-order chi connectivity index (χ1) is 15.3. The first kappa shape index (κ1) is 24.4. The summed E-state index contributed by atoms with van der Waals surface area (Å²) in [6, 6.07) is 9.81. The van der Waals surface area contributed by atoms with Crippen LogP contribution in [-0.2, 0) is 17.4 Å². The number of imidazole rings is 1. The summed E-state index contributed by atoms with van der Waals surface area (Å²) in [4.78, 5) is 17.8. The summed E-state index contributed by atoms with van der Waals surface area (Å²) in [5.41, 5.74) is 1.79. The van der Waals surface area contributed by atoms with Crippen LogP contribution in [0.15, 0.2) is 54.0 Å². The highest BCUT2D eigenvalue weighted by molar-refractivity contribution is 7.15. The van der Waals surface area contributed by atoms with E-state index >= 15 is 0 Å². The topological polar surface area (TPSA) is 64.9 Å². The van der Waals surface area contributed by atoms with Crippen LogP contribution in [-0.4, -0.2) is 29.5 Å². The molecule has 0 atom stereocenters.